The molecule has 1 aliphatic carbocycles. The number of rotatable bonds is 2. The van der Waals surface area contributed by atoms with Crippen LogP contribution in [0.5, 0.6) is 0 Å². The molecule has 0 aromatic heterocycles. The molecule has 0 amide bonds. The zero-order valence-corrected chi connectivity index (χ0v) is 8.87. The molecule has 1 heterocycles. The molecule has 2 fully saturated rings. The van der Waals surface area contributed by atoms with E-state index in [0.717, 1.165) is 19.6 Å². The van der Waals surface area contributed by atoms with E-state index in [0.29, 0.717) is 17.9 Å². The van der Waals surface area contributed by atoms with Gasteiger partial charge in [-0.3, -0.25) is 0 Å². The van der Waals surface area contributed by atoms with Gasteiger partial charge < -0.3 is 10.6 Å². The third kappa shape index (κ3) is 1.43. The van der Waals surface area contributed by atoms with Gasteiger partial charge in [-0.1, -0.05) is 6.92 Å². The number of hydrogen-bond donors (Lipinski definition) is 1. The van der Waals surface area contributed by atoms with Crippen molar-refractivity contribution in [3.05, 3.63) is 0 Å². The van der Waals surface area contributed by atoms with Gasteiger partial charge in [-0.15, -0.1) is 0 Å². The standard InChI is InChI=1S/C11H19N3/c1-9-7-14(5-4-12)8-10(6-13)11(9)2-3-11/h9-10H,2-5,7-8,12H2,1H3. The van der Waals surface area contributed by atoms with Crippen molar-refractivity contribution in [2.45, 2.75) is 19.8 Å². The smallest absolute Gasteiger partial charge is 0.0675 e. The summed E-state index contributed by atoms with van der Waals surface area (Å²) in [5, 5.41) is 9.16. The van der Waals surface area contributed by atoms with Gasteiger partial charge in [0, 0.05) is 26.2 Å². The van der Waals surface area contributed by atoms with Crippen LogP contribution < -0.4 is 5.73 Å². The predicted molar refractivity (Wildman–Crippen MR) is 55.4 cm³/mol. The molecule has 2 unspecified atom stereocenters. The second-order valence-corrected chi connectivity index (χ2v) is 4.86. The minimum absolute atomic E-state index is 0.248. The molecule has 3 heteroatoms. The van der Waals surface area contributed by atoms with E-state index in [-0.39, 0.29) is 5.92 Å². The molecule has 2 rings (SSSR count). The zero-order valence-electron chi connectivity index (χ0n) is 8.87. The number of likely N-dealkylation sites (tertiary alicyclic amines) is 1. The molecule has 0 aromatic carbocycles. The fourth-order valence-electron chi connectivity index (χ4n) is 2.95. The Morgan fingerprint density at radius 3 is 2.71 bits per heavy atom. The van der Waals surface area contributed by atoms with Crippen LogP contribution in [0.25, 0.3) is 0 Å². The Balaban J connectivity index is 2.04. The van der Waals surface area contributed by atoms with Crippen LogP contribution in [0, 0.1) is 28.6 Å². The van der Waals surface area contributed by atoms with E-state index in [1.165, 1.54) is 12.8 Å². The highest BCUT2D eigenvalue weighted by Crippen LogP contribution is 2.59. The summed E-state index contributed by atoms with van der Waals surface area (Å²) in [4.78, 5) is 2.35. The van der Waals surface area contributed by atoms with Crippen LogP contribution in [-0.2, 0) is 0 Å². The van der Waals surface area contributed by atoms with Gasteiger partial charge in [0.1, 0.15) is 0 Å². The van der Waals surface area contributed by atoms with Crippen molar-refractivity contribution >= 4 is 0 Å². The van der Waals surface area contributed by atoms with E-state index in [4.69, 9.17) is 11.0 Å². The predicted octanol–water partition coefficient (Wildman–Crippen LogP) is 0.817. The molecule has 0 radical (unpaired) electrons. The zero-order chi connectivity index (χ0) is 10.2. The largest absolute Gasteiger partial charge is 0.329 e. The molecular formula is C11H19N3. The highest BCUT2D eigenvalue weighted by atomic mass is 15.2. The SMILES string of the molecule is CC1CN(CCN)CC(C#N)C12CC2. The van der Waals surface area contributed by atoms with Crippen LogP contribution in [0.3, 0.4) is 0 Å². The lowest BCUT2D eigenvalue weighted by Crippen LogP contribution is -2.47. The molecule has 0 bridgehead atoms. The summed E-state index contributed by atoms with van der Waals surface area (Å²) in [5.74, 6) is 0.922. The molecular weight excluding hydrogens is 174 g/mol. The monoisotopic (exact) mass is 193 g/mol. The second-order valence-electron chi connectivity index (χ2n) is 4.86. The number of nitrogens with two attached hydrogens (primary N) is 1. The normalized spacial score (nSPS) is 35.5. The quantitative estimate of drug-likeness (QED) is 0.706. The van der Waals surface area contributed by atoms with E-state index in [2.05, 4.69) is 17.9 Å². The summed E-state index contributed by atoms with van der Waals surface area (Å²) >= 11 is 0. The van der Waals surface area contributed by atoms with Crippen molar-refractivity contribution in [3.63, 3.8) is 0 Å². The van der Waals surface area contributed by atoms with E-state index in [1.807, 2.05) is 0 Å². The maximum absolute atomic E-state index is 9.16. The highest BCUT2D eigenvalue weighted by Gasteiger charge is 2.56. The van der Waals surface area contributed by atoms with Gasteiger partial charge in [0.15, 0.2) is 0 Å². The number of nitrogens with zero attached hydrogens (tertiary/aromatic N) is 2. The van der Waals surface area contributed by atoms with Gasteiger partial charge in [-0.05, 0) is 24.2 Å². The third-order valence-corrected chi connectivity index (χ3v) is 4.08. The Morgan fingerprint density at radius 1 is 1.50 bits per heavy atom. The Morgan fingerprint density at radius 2 is 2.21 bits per heavy atom. The molecule has 2 N–H and O–H groups in total. The average Bonchev–Trinajstić information content (AvgIpc) is 2.93. The molecule has 0 aromatic rings. The first-order chi connectivity index (χ1) is 6.73. The van der Waals surface area contributed by atoms with Crippen molar-refractivity contribution in [1.29, 1.82) is 5.26 Å². The van der Waals surface area contributed by atoms with Crippen LogP contribution in [-0.4, -0.2) is 31.1 Å². The molecule has 1 saturated heterocycles. The van der Waals surface area contributed by atoms with Crippen molar-refractivity contribution in [1.82, 2.24) is 4.90 Å². The molecule has 2 aliphatic rings. The minimum atomic E-state index is 0.248. The summed E-state index contributed by atoms with van der Waals surface area (Å²) in [6, 6.07) is 2.49. The maximum Gasteiger partial charge on any atom is 0.0675 e. The third-order valence-electron chi connectivity index (χ3n) is 4.08. The molecule has 1 spiro atoms. The Kier molecular flexibility index (Phi) is 2.50. The average molecular weight is 193 g/mol. The first-order valence-electron chi connectivity index (χ1n) is 5.55. The van der Waals surface area contributed by atoms with Crippen LogP contribution in [0.1, 0.15) is 19.8 Å². The van der Waals surface area contributed by atoms with Crippen molar-refractivity contribution in [3.8, 4) is 6.07 Å². The maximum atomic E-state index is 9.16. The van der Waals surface area contributed by atoms with Crippen LogP contribution in [0.2, 0.25) is 0 Å². The minimum Gasteiger partial charge on any atom is -0.329 e. The van der Waals surface area contributed by atoms with Crippen LogP contribution >= 0.6 is 0 Å². The first-order valence-corrected chi connectivity index (χ1v) is 5.55. The number of hydrogen-bond acceptors (Lipinski definition) is 3. The fraction of sp³-hybridized carbons (Fsp3) is 0.909. The molecule has 1 saturated carbocycles. The van der Waals surface area contributed by atoms with Gasteiger partial charge in [0.25, 0.3) is 0 Å². The fourth-order valence-corrected chi connectivity index (χ4v) is 2.95. The lowest BCUT2D eigenvalue weighted by Gasteiger charge is -2.40. The van der Waals surface area contributed by atoms with E-state index >= 15 is 0 Å². The second kappa shape index (κ2) is 3.52. The molecule has 78 valence electrons. The van der Waals surface area contributed by atoms with Gasteiger partial charge in [-0.2, -0.15) is 5.26 Å². The lowest BCUT2D eigenvalue weighted by molar-refractivity contribution is 0.0816. The Labute approximate surface area is 85.9 Å². The van der Waals surface area contributed by atoms with Gasteiger partial charge in [0.05, 0.1) is 12.0 Å². The van der Waals surface area contributed by atoms with Crippen molar-refractivity contribution in [2.24, 2.45) is 23.0 Å². The topological polar surface area (TPSA) is 53.0 Å². The summed E-state index contributed by atoms with van der Waals surface area (Å²) in [5.41, 5.74) is 5.94. The molecule has 14 heavy (non-hydrogen) atoms. The van der Waals surface area contributed by atoms with E-state index in [9.17, 15) is 0 Å². The highest BCUT2D eigenvalue weighted by molar-refractivity contribution is 5.12. The molecule has 3 nitrogen and oxygen atoms in total. The first kappa shape index (κ1) is 9.95. The summed E-state index contributed by atoms with van der Waals surface area (Å²) in [7, 11) is 0. The van der Waals surface area contributed by atoms with Crippen molar-refractivity contribution in [2.75, 3.05) is 26.2 Å². The summed E-state index contributed by atoms with van der Waals surface area (Å²) in [6.07, 6.45) is 2.53. The summed E-state index contributed by atoms with van der Waals surface area (Å²) in [6.45, 7) is 6.02. The Bertz CT molecular complexity index is 252. The van der Waals surface area contributed by atoms with Gasteiger partial charge >= 0.3 is 0 Å². The summed E-state index contributed by atoms with van der Waals surface area (Å²) < 4.78 is 0. The Hall–Kier alpha value is -0.590. The van der Waals surface area contributed by atoms with Crippen molar-refractivity contribution < 1.29 is 0 Å². The lowest BCUT2D eigenvalue weighted by atomic mass is 9.76. The molecule has 1 aliphatic heterocycles. The van der Waals surface area contributed by atoms with Gasteiger partial charge in [0.2, 0.25) is 0 Å². The van der Waals surface area contributed by atoms with Crippen LogP contribution in [0.15, 0.2) is 0 Å². The van der Waals surface area contributed by atoms with Crippen LogP contribution in [0.4, 0.5) is 0 Å². The van der Waals surface area contributed by atoms with Gasteiger partial charge in [-0.25, -0.2) is 0 Å². The number of piperidine rings is 1. The van der Waals surface area contributed by atoms with E-state index in [1.54, 1.807) is 0 Å². The molecule has 2 atom stereocenters. The van der Waals surface area contributed by atoms with E-state index < -0.39 is 0 Å². The number of nitriles is 1.